The molecular weight excluding hydrogens is 287 g/mol. The Labute approximate surface area is 102 Å². The van der Waals surface area contributed by atoms with E-state index in [2.05, 4.69) is 36.4 Å². The van der Waals surface area contributed by atoms with E-state index >= 15 is 0 Å². The van der Waals surface area contributed by atoms with E-state index < -0.39 is 0 Å². The summed E-state index contributed by atoms with van der Waals surface area (Å²) < 4.78 is 6.67. The highest BCUT2D eigenvalue weighted by atomic mass is 127. The quantitative estimate of drug-likeness (QED) is 0.406. The van der Waals surface area contributed by atoms with Crippen molar-refractivity contribution in [2.24, 2.45) is 5.92 Å². The first-order valence-electron chi connectivity index (χ1n) is 5.96. The SMILES string of the molecule is CC(C)CCCCOC1CCCC1I. The Bertz CT molecular complexity index is 147. The lowest BCUT2D eigenvalue weighted by Gasteiger charge is -2.15. The van der Waals surface area contributed by atoms with Gasteiger partial charge in [-0.05, 0) is 31.6 Å². The minimum Gasteiger partial charge on any atom is -0.377 e. The largest absolute Gasteiger partial charge is 0.377 e. The lowest BCUT2D eigenvalue weighted by molar-refractivity contribution is 0.0610. The average molecular weight is 310 g/mol. The Hall–Kier alpha value is 0.690. The lowest BCUT2D eigenvalue weighted by atomic mass is 10.1. The van der Waals surface area contributed by atoms with Crippen molar-refractivity contribution in [3.63, 3.8) is 0 Å². The molecule has 1 aliphatic carbocycles. The van der Waals surface area contributed by atoms with Gasteiger partial charge < -0.3 is 4.74 Å². The maximum Gasteiger partial charge on any atom is 0.0692 e. The third-order valence-electron chi connectivity index (χ3n) is 2.88. The molecule has 0 aliphatic heterocycles. The van der Waals surface area contributed by atoms with E-state index in [0.717, 1.165) is 16.4 Å². The van der Waals surface area contributed by atoms with E-state index in [0.29, 0.717) is 6.10 Å². The van der Waals surface area contributed by atoms with Crippen molar-refractivity contribution in [3.8, 4) is 0 Å². The molecule has 14 heavy (non-hydrogen) atoms. The van der Waals surface area contributed by atoms with Gasteiger partial charge in [0.2, 0.25) is 0 Å². The summed E-state index contributed by atoms with van der Waals surface area (Å²) in [5, 5.41) is 0. The number of hydrogen-bond donors (Lipinski definition) is 0. The summed E-state index contributed by atoms with van der Waals surface area (Å²) in [6.45, 7) is 5.56. The van der Waals surface area contributed by atoms with Crippen LogP contribution in [0.5, 0.6) is 0 Å². The van der Waals surface area contributed by atoms with E-state index in [4.69, 9.17) is 4.74 Å². The number of alkyl halides is 1. The molecule has 1 rings (SSSR count). The zero-order valence-corrected chi connectivity index (χ0v) is 11.6. The fourth-order valence-corrected chi connectivity index (χ4v) is 2.97. The maximum absolute atomic E-state index is 5.89. The van der Waals surface area contributed by atoms with Crippen LogP contribution in [0.25, 0.3) is 0 Å². The van der Waals surface area contributed by atoms with Gasteiger partial charge in [-0.1, -0.05) is 49.3 Å². The zero-order valence-electron chi connectivity index (χ0n) is 9.47. The first-order valence-corrected chi connectivity index (χ1v) is 7.20. The summed E-state index contributed by atoms with van der Waals surface area (Å²) >= 11 is 2.54. The minimum absolute atomic E-state index is 0.564. The van der Waals surface area contributed by atoms with Crippen molar-refractivity contribution in [1.82, 2.24) is 0 Å². The molecule has 0 saturated heterocycles. The van der Waals surface area contributed by atoms with Gasteiger partial charge in [0, 0.05) is 10.5 Å². The van der Waals surface area contributed by atoms with Gasteiger partial charge in [-0.2, -0.15) is 0 Å². The van der Waals surface area contributed by atoms with E-state index in [1.807, 2.05) is 0 Å². The fraction of sp³-hybridized carbons (Fsp3) is 1.00. The van der Waals surface area contributed by atoms with Crippen LogP contribution in [-0.4, -0.2) is 16.6 Å². The molecule has 1 fully saturated rings. The fourth-order valence-electron chi connectivity index (χ4n) is 1.96. The van der Waals surface area contributed by atoms with Crippen LogP contribution in [0.4, 0.5) is 0 Å². The molecule has 0 N–H and O–H groups in total. The number of ether oxygens (including phenoxy) is 1. The highest BCUT2D eigenvalue weighted by Gasteiger charge is 2.24. The molecule has 0 amide bonds. The number of halogens is 1. The van der Waals surface area contributed by atoms with E-state index in [1.54, 1.807) is 0 Å². The highest BCUT2D eigenvalue weighted by molar-refractivity contribution is 14.1. The topological polar surface area (TPSA) is 9.23 Å². The molecule has 2 heteroatoms. The van der Waals surface area contributed by atoms with Crippen molar-refractivity contribution in [2.45, 2.75) is 62.4 Å². The van der Waals surface area contributed by atoms with Gasteiger partial charge in [0.15, 0.2) is 0 Å². The van der Waals surface area contributed by atoms with Crippen LogP contribution >= 0.6 is 22.6 Å². The summed E-state index contributed by atoms with van der Waals surface area (Å²) in [7, 11) is 0. The van der Waals surface area contributed by atoms with Crippen LogP contribution in [0.3, 0.4) is 0 Å². The molecule has 0 aromatic rings. The molecule has 2 atom stereocenters. The number of unbranched alkanes of at least 4 members (excludes halogenated alkanes) is 1. The molecule has 0 radical (unpaired) electrons. The standard InChI is InChI=1S/C12H23IO/c1-10(2)6-3-4-9-14-12-8-5-7-11(12)13/h10-12H,3-9H2,1-2H3. The Morgan fingerprint density at radius 2 is 2.07 bits per heavy atom. The first kappa shape index (κ1) is 12.8. The Morgan fingerprint density at radius 3 is 2.64 bits per heavy atom. The Morgan fingerprint density at radius 1 is 1.29 bits per heavy atom. The third-order valence-corrected chi connectivity index (χ3v) is 4.30. The van der Waals surface area contributed by atoms with Gasteiger partial charge in [0.05, 0.1) is 6.10 Å². The van der Waals surface area contributed by atoms with Crippen molar-refractivity contribution in [1.29, 1.82) is 0 Å². The normalized spacial score (nSPS) is 27.4. The van der Waals surface area contributed by atoms with Gasteiger partial charge in [-0.15, -0.1) is 0 Å². The van der Waals surface area contributed by atoms with Crippen LogP contribution in [0.1, 0.15) is 52.4 Å². The summed E-state index contributed by atoms with van der Waals surface area (Å²) in [5.41, 5.74) is 0. The molecule has 0 aromatic heterocycles. The van der Waals surface area contributed by atoms with Gasteiger partial charge in [0.1, 0.15) is 0 Å². The number of rotatable bonds is 6. The Kier molecular flexibility index (Phi) is 6.42. The maximum atomic E-state index is 5.89. The molecule has 1 nitrogen and oxygen atoms in total. The Balaban J connectivity index is 1.93. The van der Waals surface area contributed by atoms with E-state index in [1.165, 1.54) is 38.5 Å². The summed E-state index contributed by atoms with van der Waals surface area (Å²) in [6.07, 6.45) is 8.50. The molecule has 0 heterocycles. The highest BCUT2D eigenvalue weighted by Crippen LogP contribution is 2.28. The minimum atomic E-state index is 0.564. The predicted octanol–water partition coefficient (Wildman–Crippen LogP) is 4.19. The van der Waals surface area contributed by atoms with Crippen molar-refractivity contribution in [3.05, 3.63) is 0 Å². The van der Waals surface area contributed by atoms with E-state index in [9.17, 15) is 0 Å². The molecule has 0 spiro atoms. The molecular formula is C12H23IO. The van der Waals surface area contributed by atoms with Crippen LogP contribution in [0.15, 0.2) is 0 Å². The zero-order chi connectivity index (χ0) is 10.4. The number of hydrogen-bond acceptors (Lipinski definition) is 1. The second kappa shape index (κ2) is 7.04. The van der Waals surface area contributed by atoms with Crippen LogP contribution in [0, 0.1) is 5.92 Å². The summed E-state index contributed by atoms with van der Waals surface area (Å²) in [5.74, 6) is 0.846. The van der Waals surface area contributed by atoms with Gasteiger partial charge >= 0.3 is 0 Å². The van der Waals surface area contributed by atoms with Crippen molar-refractivity contribution < 1.29 is 4.74 Å². The second-order valence-electron chi connectivity index (χ2n) is 4.75. The summed E-state index contributed by atoms with van der Waals surface area (Å²) in [4.78, 5) is 0. The smallest absolute Gasteiger partial charge is 0.0692 e. The molecule has 1 saturated carbocycles. The van der Waals surface area contributed by atoms with Crippen molar-refractivity contribution in [2.75, 3.05) is 6.61 Å². The predicted molar refractivity (Wildman–Crippen MR) is 70.1 cm³/mol. The van der Waals surface area contributed by atoms with Crippen LogP contribution < -0.4 is 0 Å². The van der Waals surface area contributed by atoms with E-state index in [-0.39, 0.29) is 0 Å². The first-order chi connectivity index (χ1) is 6.70. The average Bonchev–Trinajstić information content (AvgIpc) is 2.51. The molecule has 0 aromatic carbocycles. The van der Waals surface area contributed by atoms with Gasteiger partial charge in [-0.25, -0.2) is 0 Å². The molecule has 1 aliphatic rings. The van der Waals surface area contributed by atoms with Gasteiger partial charge in [-0.3, -0.25) is 0 Å². The van der Waals surface area contributed by atoms with Crippen LogP contribution in [-0.2, 0) is 4.74 Å². The van der Waals surface area contributed by atoms with Crippen LogP contribution in [0.2, 0.25) is 0 Å². The summed E-state index contributed by atoms with van der Waals surface area (Å²) in [6, 6.07) is 0. The monoisotopic (exact) mass is 310 g/mol. The third kappa shape index (κ3) is 4.96. The molecule has 0 bridgehead atoms. The molecule has 84 valence electrons. The second-order valence-corrected chi connectivity index (χ2v) is 6.35. The lowest BCUT2D eigenvalue weighted by Crippen LogP contribution is -2.18. The van der Waals surface area contributed by atoms with Crippen molar-refractivity contribution >= 4 is 22.6 Å². The van der Waals surface area contributed by atoms with Gasteiger partial charge in [0.25, 0.3) is 0 Å². The molecule has 2 unspecified atom stereocenters.